The maximum absolute atomic E-state index is 12.8. The van der Waals surface area contributed by atoms with Gasteiger partial charge in [-0.25, -0.2) is 9.18 Å². The third kappa shape index (κ3) is 2.96. The monoisotopic (exact) mass is 236 g/mol. The molecule has 1 unspecified atom stereocenters. The van der Waals surface area contributed by atoms with Gasteiger partial charge in [0, 0.05) is 19.1 Å². The van der Waals surface area contributed by atoms with Gasteiger partial charge in [0.25, 0.3) is 0 Å². The quantitative estimate of drug-likeness (QED) is 0.857. The Bertz CT molecular complexity index is 391. The van der Waals surface area contributed by atoms with Crippen molar-refractivity contribution >= 4 is 6.03 Å². The largest absolute Gasteiger partial charge is 0.338 e. The van der Waals surface area contributed by atoms with Gasteiger partial charge in [-0.1, -0.05) is 12.1 Å². The van der Waals surface area contributed by atoms with Gasteiger partial charge in [-0.05, 0) is 37.5 Å². The van der Waals surface area contributed by atoms with Crippen LogP contribution in [0.1, 0.15) is 18.9 Å². The highest BCUT2D eigenvalue weighted by molar-refractivity contribution is 5.75. The molecule has 17 heavy (non-hydrogen) atoms. The van der Waals surface area contributed by atoms with Crippen LogP contribution >= 0.6 is 0 Å². The van der Waals surface area contributed by atoms with Crippen molar-refractivity contribution in [3.8, 4) is 0 Å². The van der Waals surface area contributed by atoms with E-state index < -0.39 is 0 Å². The Morgan fingerprint density at radius 2 is 2.12 bits per heavy atom. The zero-order chi connectivity index (χ0) is 12.3. The summed E-state index contributed by atoms with van der Waals surface area (Å²) in [4.78, 5) is 13.5. The van der Waals surface area contributed by atoms with E-state index in [9.17, 15) is 9.18 Å². The first-order valence-electron chi connectivity index (χ1n) is 5.96. The van der Waals surface area contributed by atoms with Crippen LogP contribution in [0.25, 0.3) is 0 Å². The molecule has 0 aliphatic carbocycles. The van der Waals surface area contributed by atoms with Gasteiger partial charge in [0.15, 0.2) is 0 Å². The first-order valence-corrected chi connectivity index (χ1v) is 5.96. The molecule has 0 radical (unpaired) electrons. The lowest BCUT2D eigenvalue weighted by Crippen LogP contribution is -2.50. The van der Waals surface area contributed by atoms with E-state index in [4.69, 9.17) is 0 Å². The fourth-order valence-corrected chi connectivity index (χ4v) is 2.14. The second kappa shape index (κ2) is 5.17. The summed E-state index contributed by atoms with van der Waals surface area (Å²) < 4.78 is 12.8. The van der Waals surface area contributed by atoms with Gasteiger partial charge in [0.2, 0.25) is 0 Å². The van der Waals surface area contributed by atoms with E-state index in [1.807, 2.05) is 11.8 Å². The summed E-state index contributed by atoms with van der Waals surface area (Å²) in [6.07, 6.45) is 1.74. The van der Waals surface area contributed by atoms with E-state index in [-0.39, 0.29) is 17.9 Å². The second-order valence-corrected chi connectivity index (χ2v) is 4.46. The average Bonchev–Trinajstić information content (AvgIpc) is 2.32. The van der Waals surface area contributed by atoms with Gasteiger partial charge in [0.05, 0.1) is 0 Å². The van der Waals surface area contributed by atoms with Crippen LogP contribution in [0.2, 0.25) is 0 Å². The molecule has 1 aliphatic heterocycles. The van der Waals surface area contributed by atoms with Crippen molar-refractivity contribution in [2.75, 3.05) is 13.1 Å². The molecule has 1 atom stereocenters. The third-order valence-corrected chi connectivity index (χ3v) is 3.09. The van der Waals surface area contributed by atoms with E-state index >= 15 is 0 Å². The molecule has 0 saturated carbocycles. The van der Waals surface area contributed by atoms with Gasteiger partial charge < -0.3 is 10.2 Å². The minimum atomic E-state index is -0.225. The van der Waals surface area contributed by atoms with Crippen LogP contribution in [0, 0.1) is 5.82 Å². The van der Waals surface area contributed by atoms with Crippen molar-refractivity contribution in [3.05, 3.63) is 35.6 Å². The zero-order valence-electron chi connectivity index (χ0n) is 9.95. The standard InChI is InChI=1S/C13H17FN2O/c1-10(16-8-2-7-15-13(16)17)9-11-3-5-12(14)6-4-11/h3-6,10H,2,7-9H2,1H3,(H,15,17). The molecule has 4 heteroatoms. The molecule has 2 rings (SSSR count). The Hall–Kier alpha value is -1.58. The van der Waals surface area contributed by atoms with Crippen LogP contribution in [0.15, 0.2) is 24.3 Å². The number of carbonyl (C=O) groups is 1. The molecule has 3 nitrogen and oxygen atoms in total. The Labute approximate surface area is 101 Å². The predicted octanol–water partition coefficient (Wildman–Crippen LogP) is 2.17. The number of carbonyl (C=O) groups excluding carboxylic acids is 1. The Morgan fingerprint density at radius 3 is 2.76 bits per heavy atom. The van der Waals surface area contributed by atoms with Crippen molar-refractivity contribution in [1.82, 2.24) is 10.2 Å². The summed E-state index contributed by atoms with van der Waals surface area (Å²) in [7, 11) is 0. The number of hydrogen-bond donors (Lipinski definition) is 1. The first-order chi connectivity index (χ1) is 8.16. The summed E-state index contributed by atoms with van der Waals surface area (Å²) >= 11 is 0. The number of hydrogen-bond acceptors (Lipinski definition) is 1. The maximum Gasteiger partial charge on any atom is 0.317 e. The van der Waals surface area contributed by atoms with Crippen LogP contribution in [0.3, 0.4) is 0 Å². The lowest BCUT2D eigenvalue weighted by Gasteiger charge is -2.33. The maximum atomic E-state index is 12.8. The highest BCUT2D eigenvalue weighted by Crippen LogP contribution is 2.12. The molecule has 1 saturated heterocycles. The number of nitrogens with one attached hydrogen (secondary N) is 1. The summed E-state index contributed by atoms with van der Waals surface area (Å²) in [5, 5.41) is 2.83. The summed E-state index contributed by atoms with van der Waals surface area (Å²) in [5.74, 6) is -0.225. The van der Waals surface area contributed by atoms with Crippen molar-refractivity contribution in [2.24, 2.45) is 0 Å². The molecule has 1 aromatic rings. The number of benzene rings is 1. The first kappa shape index (κ1) is 11.9. The molecule has 0 bridgehead atoms. The normalized spacial score (nSPS) is 17.8. The number of rotatable bonds is 3. The lowest BCUT2D eigenvalue weighted by atomic mass is 10.1. The molecule has 1 aliphatic rings. The molecule has 1 fully saturated rings. The van der Waals surface area contributed by atoms with Crippen LogP contribution in [0.5, 0.6) is 0 Å². The van der Waals surface area contributed by atoms with E-state index in [2.05, 4.69) is 5.32 Å². The zero-order valence-corrected chi connectivity index (χ0v) is 9.95. The molecule has 92 valence electrons. The second-order valence-electron chi connectivity index (χ2n) is 4.46. The molecule has 1 heterocycles. The van der Waals surface area contributed by atoms with Crippen molar-refractivity contribution in [1.29, 1.82) is 0 Å². The van der Waals surface area contributed by atoms with E-state index in [1.54, 1.807) is 12.1 Å². The van der Waals surface area contributed by atoms with Crippen molar-refractivity contribution in [2.45, 2.75) is 25.8 Å². The molecule has 1 N–H and O–H groups in total. The molecule has 2 amide bonds. The average molecular weight is 236 g/mol. The van der Waals surface area contributed by atoms with E-state index in [0.717, 1.165) is 31.5 Å². The van der Waals surface area contributed by atoms with Gasteiger partial charge >= 0.3 is 6.03 Å². The Balaban J connectivity index is 1.98. The summed E-state index contributed by atoms with van der Waals surface area (Å²) in [6.45, 7) is 3.58. The fourth-order valence-electron chi connectivity index (χ4n) is 2.14. The van der Waals surface area contributed by atoms with E-state index in [1.165, 1.54) is 12.1 Å². The van der Waals surface area contributed by atoms with Gasteiger partial charge in [-0.3, -0.25) is 0 Å². The SMILES string of the molecule is CC(Cc1ccc(F)cc1)N1CCCNC1=O. The number of amides is 2. The molecule has 0 spiro atoms. The van der Waals surface area contributed by atoms with Gasteiger partial charge in [-0.2, -0.15) is 0 Å². The predicted molar refractivity (Wildman–Crippen MR) is 64.3 cm³/mol. The molecular formula is C13H17FN2O. The third-order valence-electron chi connectivity index (χ3n) is 3.09. The Morgan fingerprint density at radius 1 is 1.41 bits per heavy atom. The van der Waals surface area contributed by atoms with Crippen LogP contribution in [0.4, 0.5) is 9.18 Å². The lowest BCUT2D eigenvalue weighted by molar-refractivity contribution is 0.165. The highest BCUT2D eigenvalue weighted by Gasteiger charge is 2.22. The summed E-state index contributed by atoms with van der Waals surface area (Å²) in [5.41, 5.74) is 1.05. The molecular weight excluding hydrogens is 219 g/mol. The molecule has 1 aromatic carbocycles. The number of halogens is 1. The smallest absolute Gasteiger partial charge is 0.317 e. The number of nitrogens with zero attached hydrogens (tertiary/aromatic N) is 1. The fraction of sp³-hybridized carbons (Fsp3) is 0.462. The van der Waals surface area contributed by atoms with Gasteiger partial charge in [-0.15, -0.1) is 0 Å². The van der Waals surface area contributed by atoms with Crippen LogP contribution < -0.4 is 5.32 Å². The highest BCUT2D eigenvalue weighted by atomic mass is 19.1. The molecule has 0 aromatic heterocycles. The minimum absolute atomic E-state index is 0.00543. The van der Waals surface area contributed by atoms with Crippen molar-refractivity contribution in [3.63, 3.8) is 0 Å². The van der Waals surface area contributed by atoms with Crippen LogP contribution in [-0.2, 0) is 6.42 Å². The topological polar surface area (TPSA) is 32.3 Å². The van der Waals surface area contributed by atoms with E-state index in [0.29, 0.717) is 0 Å². The van der Waals surface area contributed by atoms with Crippen molar-refractivity contribution < 1.29 is 9.18 Å². The van der Waals surface area contributed by atoms with Gasteiger partial charge in [0.1, 0.15) is 5.82 Å². The summed E-state index contributed by atoms with van der Waals surface area (Å²) in [6, 6.07) is 6.60. The Kier molecular flexibility index (Phi) is 3.61. The number of urea groups is 1. The minimum Gasteiger partial charge on any atom is -0.338 e. The van der Waals surface area contributed by atoms with Crippen LogP contribution in [-0.4, -0.2) is 30.1 Å².